The van der Waals surface area contributed by atoms with Gasteiger partial charge in [0.25, 0.3) is 0 Å². The molecule has 2 rings (SSSR count). The number of carbonyl (C=O) groups is 1. The fourth-order valence-electron chi connectivity index (χ4n) is 3.05. The summed E-state index contributed by atoms with van der Waals surface area (Å²) in [4.78, 5) is 19.6. The Morgan fingerprint density at radius 3 is 2.26 bits per heavy atom. The van der Waals surface area contributed by atoms with Gasteiger partial charge < -0.3 is 15.3 Å². The number of rotatable bonds is 10. The average Bonchev–Trinajstić information content (AvgIpc) is 2.70. The summed E-state index contributed by atoms with van der Waals surface area (Å²) < 4.78 is 38.6. The third-order valence-corrected chi connectivity index (χ3v) is 5.97. The predicted molar refractivity (Wildman–Crippen MR) is 131 cm³/mol. The van der Waals surface area contributed by atoms with Crippen molar-refractivity contribution >= 4 is 65.8 Å². The van der Waals surface area contributed by atoms with Crippen LogP contribution >= 0.6 is 0 Å². The molecule has 0 bridgehead atoms. The fourth-order valence-corrected chi connectivity index (χ4v) is 3.42. The molecule has 2 atom stereocenters. The Bertz CT molecular complexity index is 1130. The number of hydrogen-bond acceptors (Lipinski definition) is 7. The van der Waals surface area contributed by atoms with Crippen LogP contribution in [0.1, 0.15) is 43.9 Å². The van der Waals surface area contributed by atoms with Crippen molar-refractivity contribution in [2.75, 3.05) is 17.6 Å². The summed E-state index contributed by atoms with van der Waals surface area (Å²) in [5.74, 6) is -1.87. The molecular formula is C22H30CaFN3O6S. The summed E-state index contributed by atoms with van der Waals surface area (Å²) in [6.07, 6.45) is 0.860. The van der Waals surface area contributed by atoms with Gasteiger partial charge in [0.1, 0.15) is 5.82 Å². The van der Waals surface area contributed by atoms with E-state index in [0.717, 1.165) is 10.6 Å². The summed E-state index contributed by atoms with van der Waals surface area (Å²) in [7, 11) is -2.33. The molecule has 0 amide bonds. The number of benzene rings is 1. The second kappa shape index (κ2) is 12.9. The number of nitrogens with zero attached hydrogens (tertiary/aromatic N) is 3. The van der Waals surface area contributed by atoms with Crippen LogP contribution < -0.4 is 4.31 Å². The number of aliphatic hydroxyl groups is 2. The number of hydrogen-bond donors (Lipinski definition) is 3. The Kier molecular flexibility index (Phi) is 11.5. The molecule has 2 aromatic rings. The Hall–Kier alpha value is -1.63. The van der Waals surface area contributed by atoms with Gasteiger partial charge in [0.2, 0.25) is 16.0 Å². The van der Waals surface area contributed by atoms with Gasteiger partial charge in [-0.3, -0.25) is 4.79 Å². The number of halogens is 1. The van der Waals surface area contributed by atoms with Crippen molar-refractivity contribution in [1.82, 2.24) is 9.97 Å². The quantitative estimate of drug-likeness (QED) is 0.398. The van der Waals surface area contributed by atoms with Gasteiger partial charge >= 0.3 is 43.7 Å². The van der Waals surface area contributed by atoms with Crippen LogP contribution in [0.15, 0.2) is 30.3 Å². The van der Waals surface area contributed by atoms with Crippen LogP contribution in [0, 0.1) is 5.82 Å². The number of anilines is 1. The number of aromatic nitrogens is 2. The van der Waals surface area contributed by atoms with E-state index in [-0.39, 0.29) is 56.0 Å². The molecule has 0 fully saturated rings. The SMILES string of the molecule is CC(C)c1nc(N(C)S(C)(=O)=O)nc(-c2ccc(F)cc2)c1/C=C/[C@@H](O)C[C@H](O)CC(=O)O.[CaH2]. The molecule has 0 unspecified atom stereocenters. The van der Waals surface area contributed by atoms with Crippen LogP contribution in [0.3, 0.4) is 0 Å². The first-order valence-corrected chi connectivity index (χ1v) is 12.0. The van der Waals surface area contributed by atoms with E-state index in [9.17, 15) is 27.8 Å². The maximum absolute atomic E-state index is 13.5. The Morgan fingerprint density at radius 1 is 1.18 bits per heavy atom. The van der Waals surface area contributed by atoms with E-state index in [0.29, 0.717) is 22.5 Å². The maximum atomic E-state index is 13.5. The van der Waals surface area contributed by atoms with Gasteiger partial charge in [-0.15, -0.1) is 0 Å². The van der Waals surface area contributed by atoms with Gasteiger partial charge in [0, 0.05) is 24.6 Å². The van der Waals surface area contributed by atoms with Gasteiger partial charge in [0.05, 0.1) is 36.3 Å². The van der Waals surface area contributed by atoms with Crippen LogP contribution in [-0.2, 0) is 14.8 Å². The van der Waals surface area contributed by atoms with Crippen LogP contribution in [-0.4, -0.2) is 103 Å². The molecule has 1 aromatic carbocycles. The van der Waals surface area contributed by atoms with Crippen molar-refractivity contribution in [1.29, 1.82) is 0 Å². The van der Waals surface area contributed by atoms with E-state index in [4.69, 9.17) is 5.11 Å². The number of sulfonamides is 1. The first-order valence-electron chi connectivity index (χ1n) is 10.2. The van der Waals surface area contributed by atoms with E-state index in [1.54, 1.807) is 0 Å². The van der Waals surface area contributed by atoms with Crippen LogP contribution in [0.2, 0.25) is 0 Å². The van der Waals surface area contributed by atoms with Gasteiger partial charge in [-0.05, 0) is 30.2 Å². The molecule has 9 nitrogen and oxygen atoms in total. The Morgan fingerprint density at radius 2 is 1.76 bits per heavy atom. The summed E-state index contributed by atoms with van der Waals surface area (Å²) in [6.45, 7) is 3.71. The number of carboxylic acid groups (broad SMARTS) is 1. The van der Waals surface area contributed by atoms with Crippen LogP contribution in [0.25, 0.3) is 17.3 Å². The molecule has 1 aromatic heterocycles. The molecule has 34 heavy (non-hydrogen) atoms. The van der Waals surface area contributed by atoms with Crippen molar-refractivity contribution in [3.8, 4) is 11.3 Å². The molecule has 0 aliphatic carbocycles. The predicted octanol–water partition coefficient (Wildman–Crippen LogP) is 1.49. The summed E-state index contributed by atoms with van der Waals surface area (Å²) >= 11 is 0. The number of aliphatic hydroxyl groups excluding tert-OH is 2. The van der Waals surface area contributed by atoms with Crippen molar-refractivity contribution in [2.24, 2.45) is 0 Å². The second-order valence-electron chi connectivity index (χ2n) is 7.98. The molecule has 0 radical (unpaired) electrons. The standard InChI is InChI=1S/C22H28FN3O6S.Ca.2H/c1-13(2)20-18(10-9-16(27)11-17(28)12-19(29)30)21(14-5-7-15(23)8-6-14)25-22(24-20)26(3)33(4,31)32;;;/h5-10,13,16-17,27-28H,11-12H2,1-4H3,(H,29,30);;;/b10-9+;;;/t16-,17+;;;/m1.../s1. The van der Waals surface area contributed by atoms with Crippen LogP contribution in [0.4, 0.5) is 10.3 Å². The second-order valence-corrected chi connectivity index (χ2v) is 9.99. The molecular weight excluding hydrogens is 493 g/mol. The van der Waals surface area contributed by atoms with E-state index in [1.165, 1.54) is 43.5 Å². The fraction of sp³-hybridized carbons (Fsp3) is 0.409. The van der Waals surface area contributed by atoms with Crippen molar-refractivity contribution in [2.45, 2.75) is 44.8 Å². The van der Waals surface area contributed by atoms with E-state index >= 15 is 0 Å². The normalized spacial score (nSPS) is 13.5. The van der Waals surface area contributed by atoms with Gasteiger partial charge in [0.15, 0.2) is 0 Å². The Balaban J connectivity index is 0.00000578. The molecule has 3 N–H and O–H groups in total. The van der Waals surface area contributed by atoms with Gasteiger partial charge in [-0.1, -0.05) is 26.0 Å². The topological polar surface area (TPSA) is 141 Å². The summed E-state index contributed by atoms with van der Waals surface area (Å²) in [5.41, 5.74) is 1.80. The molecule has 184 valence electrons. The van der Waals surface area contributed by atoms with Crippen molar-refractivity contribution in [3.05, 3.63) is 47.4 Å². The van der Waals surface area contributed by atoms with Crippen LogP contribution in [0.5, 0.6) is 0 Å². The number of aliphatic carboxylic acids is 1. The zero-order chi connectivity index (χ0) is 24.9. The molecule has 0 saturated heterocycles. The first kappa shape index (κ1) is 30.4. The Labute approximate surface area is 228 Å². The molecule has 1 heterocycles. The van der Waals surface area contributed by atoms with Crippen molar-refractivity contribution in [3.63, 3.8) is 0 Å². The first-order chi connectivity index (χ1) is 15.3. The average molecular weight is 524 g/mol. The van der Waals surface area contributed by atoms with Crippen molar-refractivity contribution < 1.29 is 32.9 Å². The zero-order valence-corrected chi connectivity index (χ0v) is 19.6. The van der Waals surface area contributed by atoms with E-state index < -0.39 is 40.4 Å². The van der Waals surface area contributed by atoms with E-state index in [2.05, 4.69) is 9.97 Å². The molecule has 12 heteroatoms. The summed E-state index contributed by atoms with van der Waals surface area (Å²) in [6, 6.07) is 5.49. The minimum absolute atomic E-state index is 0. The third kappa shape index (κ3) is 8.54. The monoisotopic (exact) mass is 523 g/mol. The van der Waals surface area contributed by atoms with Gasteiger partial charge in [-0.2, -0.15) is 0 Å². The number of carboxylic acids is 1. The van der Waals surface area contributed by atoms with E-state index in [1.807, 2.05) is 13.8 Å². The molecule has 0 spiro atoms. The van der Waals surface area contributed by atoms with Gasteiger partial charge in [-0.25, -0.2) is 27.1 Å². The third-order valence-electron chi connectivity index (χ3n) is 4.82. The molecule has 0 saturated carbocycles. The minimum atomic E-state index is -3.65. The molecule has 0 aliphatic rings. The summed E-state index contributed by atoms with van der Waals surface area (Å²) in [5, 5.41) is 28.8. The molecule has 0 aliphatic heterocycles. The zero-order valence-electron chi connectivity index (χ0n) is 18.8.